The zero-order valence-electron chi connectivity index (χ0n) is 10.3. The molecule has 2 aromatic carbocycles. The van der Waals surface area contributed by atoms with E-state index in [0.29, 0.717) is 12.0 Å². The van der Waals surface area contributed by atoms with Crippen LogP contribution < -0.4 is 0 Å². The Labute approximate surface area is 121 Å². The molecule has 1 unspecified atom stereocenters. The second-order valence-corrected chi connectivity index (χ2v) is 5.50. The maximum Gasteiger partial charge on any atom is 0.142 e. The Kier molecular flexibility index (Phi) is 4.14. The summed E-state index contributed by atoms with van der Waals surface area (Å²) in [4.78, 5) is 0. The van der Waals surface area contributed by atoms with E-state index in [-0.39, 0.29) is 10.0 Å². The molecule has 0 heterocycles. The average Bonchev–Trinajstić information content (AvgIpc) is 2.34. The molecule has 0 saturated heterocycles. The zero-order valence-corrected chi connectivity index (χ0v) is 11.8. The van der Waals surface area contributed by atoms with Gasteiger partial charge in [0.05, 0.1) is 10.6 Å². The van der Waals surface area contributed by atoms with Crippen molar-refractivity contribution in [2.75, 3.05) is 0 Å². The molecule has 1 N–H and O–H groups in total. The average molecular weight is 299 g/mol. The maximum atomic E-state index is 13.5. The smallest absolute Gasteiger partial charge is 0.142 e. The van der Waals surface area contributed by atoms with Gasteiger partial charge in [0.25, 0.3) is 0 Å². The lowest BCUT2D eigenvalue weighted by atomic mass is 9.89. The van der Waals surface area contributed by atoms with Crippen LogP contribution in [0.4, 0.5) is 4.39 Å². The highest BCUT2D eigenvalue weighted by Crippen LogP contribution is 2.34. The standard InChI is InChI=1S/C15H13Cl2FO/c1-15(19,9-10-5-3-2-4-6-10)11-7-14(18)13(17)8-12(11)16/h2-8,19H,9H2,1H3. The molecule has 19 heavy (non-hydrogen) atoms. The minimum atomic E-state index is -1.26. The van der Waals surface area contributed by atoms with Crippen molar-refractivity contribution in [2.45, 2.75) is 18.9 Å². The molecule has 0 aliphatic rings. The summed E-state index contributed by atoms with van der Waals surface area (Å²) in [6, 6.07) is 12.0. The number of hydrogen-bond acceptors (Lipinski definition) is 1. The Morgan fingerprint density at radius 3 is 2.37 bits per heavy atom. The Morgan fingerprint density at radius 1 is 1.11 bits per heavy atom. The Morgan fingerprint density at radius 2 is 1.74 bits per heavy atom. The van der Waals surface area contributed by atoms with E-state index in [9.17, 15) is 9.50 Å². The summed E-state index contributed by atoms with van der Waals surface area (Å²) in [6.45, 7) is 1.61. The predicted octanol–water partition coefficient (Wildman–Crippen LogP) is 4.58. The van der Waals surface area contributed by atoms with E-state index in [1.807, 2.05) is 30.3 Å². The van der Waals surface area contributed by atoms with Crippen LogP contribution in [0.5, 0.6) is 0 Å². The van der Waals surface area contributed by atoms with Crippen LogP contribution in [-0.2, 0) is 12.0 Å². The van der Waals surface area contributed by atoms with E-state index in [4.69, 9.17) is 23.2 Å². The topological polar surface area (TPSA) is 20.2 Å². The molecule has 0 radical (unpaired) electrons. The minimum absolute atomic E-state index is 0.0516. The van der Waals surface area contributed by atoms with Crippen LogP contribution in [0.1, 0.15) is 18.1 Å². The quantitative estimate of drug-likeness (QED) is 0.822. The minimum Gasteiger partial charge on any atom is -0.385 e. The molecule has 1 atom stereocenters. The fourth-order valence-corrected chi connectivity index (χ4v) is 2.61. The number of halogens is 3. The van der Waals surface area contributed by atoms with Crippen LogP contribution in [0, 0.1) is 5.82 Å². The van der Waals surface area contributed by atoms with Crippen molar-refractivity contribution in [3.05, 3.63) is 69.5 Å². The Balaban J connectivity index is 2.37. The van der Waals surface area contributed by atoms with Gasteiger partial charge in [-0.15, -0.1) is 0 Å². The van der Waals surface area contributed by atoms with Gasteiger partial charge in [-0.05, 0) is 24.6 Å². The Hall–Kier alpha value is -1.09. The van der Waals surface area contributed by atoms with Crippen LogP contribution in [-0.4, -0.2) is 5.11 Å². The van der Waals surface area contributed by atoms with E-state index >= 15 is 0 Å². The first-order valence-electron chi connectivity index (χ1n) is 5.81. The third-order valence-electron chi connectivity index (χ3n) is 2.98. The van der Waals surface area contributed by atoms with Gasteiger partial charge in [-0.1, -0.05) is 53.5 Å². The number of hydrogen-bond donors (Lipinski definition) is 1. The van der Waals surface area contributed by atoms with Crippen molar-refractivity contribution in [3.8, 4) is 0 Å². The summed E-state index contributed by atoms with van der Waals surface area (Å²) in [6.07, 6.45) is 0.342. The summed E-state index contributed by atoms with van der Waals surface area (Å²) < 4.78 is 13.5. The molecule has 1 nitrogen and oxygen atoms in total. The molecule has 0 bridgehead atoms. The van der Waals surface area contributed by atoms with Crippen LogP contribution in [0.2, 0.25) is 10.0 Å². The van der Waals surface area contributed by atoms with Crippen LogP contribution >= 0.6 is 23.2 Å². The van der Waals surface area contributed by atoms with E-state index < -0.39 is 11.4 Å². The highest BCUT2D eigenvalue weighted by molar-refractivity contribution is 6.35. The van der Waals surface area contributed by atoms with Crippen molar-refractivity contribution in [2.24, 2.45) is 0 Å². The van der Waals surface area contributed by atoms with Gasteiger partial charge in [0.2, 0.25) is 0 Å². The van der Waals surface area contributed by atoms with Crippen molar-refractivity contribution in [1.82, 2.24) is 0 Å². The third kappa shape index (κ3) is 3.27. The second-order valence-electron chi connectivity index (χ2n) is 4.68. The highest BCUT2D eigenvalue weighted by atomic mass is 35.5. The first kappa shape index (κ1) is 14.3. The SMILES string of the molecule is CC(O)(Cc1ccccc1)c1cc(F)c(Cl)cc1Cl. The van der Waals surface area contributed by atoms with Gasteiger partial charge in [0, 0.05) is 17.0 Å². The van der Waals surface area contributed by atoms with Gasteiger partial charge in [0.1, 0.15) is 5.82 Å². The molecule has 0 aliphatic carbocycles. The number of rotatable bonds is 3. The second kappa shape index (κ2) is 5.49. The normalized spacial score (nSPS) is 14.2. The largest absolute Gasteiger partial charge is 0.385 e. The molecule has 0 fully saturated rings. The summed E-state index contributed by atoms with van der Waals surface area (Å²) >= 11 is 11.7. The van der Waals surface area contributed by atoms with E-state index in [1.165, 1.54) is 12.1 Å². The summed E-state index contributed by atoms with van der Waals surface area (Å²) in [5.74, 6) is -0.589. The highest BCUT2D eigenvalue weighted by Gasteiger charge is 2.27. The molecule has 0 aromatic heterocycles. The molecule has 100 valence electrons. The predicted molar refractivity (Wildman–Crippen MR) is 76.1 cm³/mol. The van der Waals surface area contributed by atoms with Crippen molar-refractivity contribution < 1.29 is 9.50 Å². The first-order valence-corrected chi connectivity index (χ1v) is 6.57. The molecule has 0 amide bonds. The summed E-state index contributed by atoms with van der Waals surface area (Å²) in [7, 11) is 0. The molecule has 2 rings (SSSR count). The maximum absolute atomic E-state index is 13.5. The summed E-state index contributed by atoms with van der Waals surface area (Å²) in [5, 5.41) is 10.7. The van der Waals surface area contributed by atoms with E-state index in [0.717, 1.165) is 5.56 Å². The molecule has 4 heteroatoms. The Bertz CT molecular complexity index is 582. The summed E-state index contributed by atoms with van der Waals surface area (Å²) in [5.41, 5.74) is 0.0167. The molecule has 0 aliphatic heterocycles. The van der Waals surface area contributed by atoms with Gasteiger partial charge in [-0.3, -0.25) is 0 Å². The van der Waals surface area contributed by atoms with Crippen molar-refractivity contribution >= 4 is 23.2 Å². The lowest BCUT2D eigenvalue weighted by Crippen LogP contribution is -2.25. The van der Waals surface area contributed by atoms with Crippen LogP contribution in [0.3, 0.4) is 0 Å². The fourth-order valence-electron chi connectivity index (χ4n) is 2.02. The molecule has 0 saturated carbocycles. The fraction of sp³-hybridized carbons (Fsp3) is 0.200. The van der Waals surface area contributed by atoms with Crippen molar-refractivity contribution in [3.63, 3.8) is 0 Å². The van der Waals surface area contributed by atoms with Gasteiger partial charge in [0.15, 0.2) is 0 Å². The van der Waals surface area contributed by atoms with Gasteiger partial charge in [-0.25, -0.2) is 4.39 Å². The first-order chi connectivity index (χ1) is 8.90. The van der Waals surface area contributed by atoms with E-state index in [1.54, 1.807) is 6.92 Å². The molecular weight excluding hydrogens is 286 g/mol. The van der Waals surface area contributed by atoms with E-state index in [2.05, 4.69) is 0 Å². The van der Waals surface area contributed by atoms with Gasteiger partial charge in [-0.2, -0.15) is 0 Å². The molecule has 2 aromatic rings. The van der Waals surface area contributed by atoms with Gasteiger partial charge < -0.3 is 5.11 Å². The van der Waals surface area contributed by atoms with Crippen LogP contribution in [0.15, 0.2) is 42.5 Å². The number of aliphatic hydroxyl groups is 1. The molecular formula is C15H13Cl2FO. The van der Waals surface area contributed by atoms with Crippen LogP contribution in [0.25, 0.3) is 0 Å². The zero-order chi connectivity index (χ0) is 14.0. The molecule has 0 spiro atoms. The lowest BCUT2D eigenvalue weighted by Gasteiger charge is -2.25. The monoisotopic (exact) mass is 298 g/mol. The van der Waals surface area contributed by atoms with Gasteiger partial charge >= 0.3 is 0 Å². The van der Waals surface area contributed by atoms with Crippen molar-refractivity contribution in [1.29, 1.82) is 0 Å². The number of benzene rings is 2. The third-order valence-corrected chi connectivity index (χ3v) is 3.58. The lowest BCUT2D eigenvalue weighted by molar-refractivity contribution is 0.0574.